The molecular weight excluding hydrogens is 362 g/mol. The Labute approximate surface area is 151 Å². The van der Waals surface area contributed by atoms with Crippen LogP contribution >= 0.6 is 0 Å². The Kier molecular flexibility index (Phi) is 5.77. The molecule has 2 N–H and O–H groups in total. The highest BCUT2D eigenvalue weighted by atomic mass is 32.2. The fraction of sp³-hybridized carbons (Fsp3) is 0.278. The molecule has 0 radical (unpaired) electrons. The second kappa shape index (κ2) is 7.51. The molecular formula is C18H20F2N2O3S. The van der Waals surface area contributed by atoms with Crippen molar-refractivity contribution in [2.24, 2.45) is 0 Å². The Morgan fingerprint density at radius 3 is 2.31 bits per heavy atom. The van der Waals surface area contributed by atoms with Crippen molar-refractivity contribution in [1.29, 1.82) is 0 Å². The van der Waals surface area contributed by atoms with Crippen molar-refractivity contribution >= 4 is 15.9 Å². The van der Waals surface area contributed by atoms with Crippen LogP contribution in [0, 0.1) is 25.5 Å². The first-order chi connectivity index (χ1) is 12.1. The van der Waals surface area contributed by atoms with Crippen LogP contribution in [0.2, 0.25) is 0 Å². The smallest absolute Gasteiger partial charge is 0.251 e. The third-order valence-electron chi connectivity index (χ3n) is 4.23. The van der Waals surface area contributed by atoms with Gasteiger partial charge in [0.2, 0.25) is 10.0 Å². The summed E-state index contributed by atoms with van der Waals surface area (Å²) in [5.74, 6) is -2.49. The van der Waals surface area contributed by atoms with E-state index in [0.29, 0.717) is 16.7 Å². The van der Waals surface area contributed by atoms with Crippen LogP contribution in [0.5, 0.6) is 0 Å². The van der Waals surface area contributed by atoms with Crippen molar-refractivity contribution in [3.63, 3.8) is 0 Å². The summed E-state index contributed by atoms with van der Waals surface area (Å²) >= 11 is 0. The zero-order valence-corrected chi connectivity index (χ0v) is 15.7. The molecule has 0 aliphatic rings. The Morgan fingerprint density at radius 1 is 1.08 bits per heavy atom. The van der Waals surface area contributed by atoms with E-state index in [1.165, 1.54) is 19.2 Å². The summed E-state index contributed by atoms with van der Waals surface area (Å²) in [5, 5.41) is 2.66. The second-order valence-corrected chi connectivity index (χ2v) is 7.85. The van der Waals surface area contributed by atoms with Gasteiger partial charge in [0.15, 0.2) is 11.6 Å². The monoisotopic (exact) mass is 382 g/mol. The maximum absolute atomic E-state index is 13.4. The van der Waals surface area contributed by atoms with Gasteiger partial charge < -0.3 is 5.32 Å². The van der Waals surface area contributed by atoms with E-state index < -0.39 is 33.6 Å². The molecule has 2 rings (SSSR count). The number of carbonyl (C=O) groups is 1. The lowest BCUT2D eigenvalue weighted by molar-refractivity contribution is 0.0939. The number of sulfonamides is 1. The maximum atomic E-state index is 13.4. The van der Waals surface area contributed by atoms with Crippen LogP contribution in [-0.4, -0.2) is 21.4 Å². The average molecular weight is 382 g/mol. The number of aryl methyl sites for hydroxylation is 1. The van der Waals surface area contributed by atoms with E-state index >= 15 is 0 Å². The number of carbonyl (C=O) groups excluding carboxylic acids is 1. The molecule has 1 amide bonds. The number of hydrogen-bond acceptors (Lipinski definition) is 3. The fourth-order valence-electron chi connectivity index (χ4n) is 2.49. The molecule has 0 saturated heterocycles. The van der Waals surface area contributed by atoms with Gasteiger partial charge in [-0.05, 0) is 68.8 Å². The minimum atomic E-state index is -3.72. The van der Waals surface area contributed by atoms with Crippen molar-refractivity contribution in [3.05, 3.63) is 64.2 Å². The van der Waals surface area contributed by atoms with Crippen LogP contribution in [0.4, 0.5) is 8.78 Å². The van der Waals surface area contributed by atoms with Crippen LogP contribution in [0.3, 0.4) is 0 Å². The van der Waals surface area contributed by atoms with E-state index in [-0.39, 0.29) is 10.5 Å². The molecule has 5 nitrogen and oxygen atoms in total. The number of hydrogen-bond donors (Lipinski definition) is 2. The number of rotatable bonds is 5. The number of amides is 1. The molecule has 0 saturated carbocycles. The van der Waals surface area contributed by atoms with Gasteiger partial charge in [0.25, 0.3) is 5.91 Å². The first-order valence-electron chi connectivity index (χ1n) is 7.87. The molecule has 0 aliphatic heterocycles. The van der Waals surface area contributed by atoms with Crippen molar-refractivity contribution in [2.75, 3.05) is 7.05 Å². The van der Waals surface area contributed by atoms with Gasteiger partial charge in [-0.1, -0.05) is 6.07 Å². The van der Waals surface area contributed by atoms with Gasteiger partial charge >= 0.3 is 0 Å². The van der Waals surface area contributed by atoms with E-state index in [2.05, 4.69) is 10.0 Å². The lowest BCUT2D eigenvalue weighted by atomic mass is 10.0. The number of benzene rings is 2. The van der Waals surface area contributed by atoms with Crippen LogP contribution in [0.1, 0.15) is 40.0 Å². The number of halogens is 2. The van der Waals surface area contributed by atoms with Gasteiger partial charge in [0.1, 0.15) is 0 Å². The zero-order valence-electron chi connectivity index (χ0n) is 14.9. The van der Waals surface area contributed by atoms with Gasteiger partial charge in [0.05, 0.1) is 10.9 Å². The van der Waals surface area contributed by atoms with E-state index in [4.69, 9.17) is 0 Å². The van der Waals surface area contributed by atoms with Crippen molar-refractivity contribution < 1.29 is 22.0 Å². The lowest BCUT2D eigenvalue weighted by Gasteiger charge is -2.16. The highest BCUT2D eigenvalue weighted by Crippen LogP contribution is 2.22. The van der Waals surface area contributed by atoms with E-state index in [1.807, 2.05) is 0 Å². The topological polar surface area (TPSA) is 75.3 Å². The summed E-state index contributed by atoms with van der Waals surface area (Å²) in [6.07, 6.45) is 0. The Morgan fingerprint density at radius 2 is 1.73 bits per heavy atom. The fourth-order valence-corrected chi connectivity index (χ4v) is 3.56. The van der Waals surface area contributed by atoms with Gasteiger partial charge in [-0.3, -0.25) is 4.79 Å². The molecule has 0 aliphatic carbocycles. The van der Waals surface area contributed by atoms with Crippen LogP contribution in [0.25, 0.3) is 0 Å². The van der Waals surface area contributed by atoms with Crippen molar-refractivity contribution in [1.82, 2.24) is 10.0 Å². The summed E-state index contributed by atoms with van der Waals surface area (Å²) in [6.45, 7) is 4.99. The average Bonchev–Trinajstić information content (AvgIpc) is 2.59. The molecule has 0 spiro atoms. The van der Waals surface area contributed by atoms with Gasteiger partial charge in [0, 0.05) is 5.56 Å². The maximum Gasteiger partial charge on any atom is 0.251 e. The predicted octanol–water partition coefficient (Wildman–Crippen LogP) is 2.98. The largest absolute Gasteiger partial charge is 0.346 e. The molecule has 0 aromatic heterocycles. The van der Waals surface area contributed by atoms with Gasteiger partial charge in [-0.15, -0.1) is 0 Å². The molecule has 26 heavy (non-hydrogen) atoms. The quantitative estimate of drug-likeness (QED) is 0.835. The standard InChI is InChI=1S/C18H20F2N2O3S/c1-10-7-14(9-17(11(10)2)26(24,25)21-4)18(23)22-12(3)13-5-6-15(19)16(20)8-13/h5-9,12,21H,1-4H3,(H,22,23). The second-order valence-electron chi connectivity index (χ2n) is 5.99. The molecule has 1 atom stereocenters. The number of nitrogens with one attached hydrogen (secondary N) is 2. The lowest BCUT2D eigenvalue weighted by Crippen LogP contribution is -2.28. The third-order valence-corrected chi connectivity index (χ3v) is 5.77. The highest BCUT2D eigenvalue weighted by Gasteiger charge is 2.20. The predicted molar refractivity (Wildman–Crippen MR) is 94.4 cm³/mol. The molecule has 140 valence electrons. The van der Waals surface area contributed by atoms with Gasteiger partial charge in [-0.25, -0.2) is 21.9 Å². The van der Waals surface area contributed by atoms with Crippen molar-refractivity contribution in [3.8, 4) is 0 Å². The van der Waals surface area contributed by atoms with E-state index in [0.717, 1.165) is 12.1 Å². The normalized spacial score (nSPS) is 12.7. The Bertz CT molecular complexity index is 959. The molecule has 0 bridgehead atoms. The molecule has 2 aromatic carbocycles. The summed E-state index contributed by atoms with van der Waals surface area (Å²) < 4.78 is 52.9. The summed E-state index contributed by atoms with van der Waals surface area (Å²) in [4.78, 5) is 12.5. The van der Waals surface area contributed by atoms with Crippen LogP contribution in [0.15, 0.2) is 35.2 Å². The Balaban J connectivity index is 2.33. The minimum absolute atomic E-state index is 0.0191. The summed E-state index contributed by atoms with van der Waals surface area (Å²) in [6, 6.07) is 5.65. The van der Waals surface area contributed by atoms with Crippen LogP contribution < -0.4 is 10.0 Å². The van der Waals surface area contributed by atoms with Gasteiger partial charge in [-0.2, -0.15) is 0 Å². The summed E-state index contributed by atoms with van der Waals surface area (Å²) in [5.41, 5.74) is 1.75. The Hall–Kier alpha value is -2.32. The molecule has 0 fully saturated rings. The first-order valence-corrected chi connectivity index (χ1v) is 9.35. The van der Waals surface area contributed by atoms with E-state index in [9.17, 15) is 22.0 Å². The highest BCUT2D eigenvalue weighted by molar-refractivity contribution is 7.89. The molecule has 8 heteroatoms. The van der Waals surface area contributed by atoms with Crippen molar-refractivity contribution in [2.45, 2.75) is 31.7 Å². The molecule has 0 heterocycles. The molecule has 1 unspecified atom stereocenters. The molecule has 2 aromatic rings. The zero-order chi connectivity index (χ0) is 19.6. The van der Waals surface area contributed by atoms with E-state index in [1.54, 1.807) is 26.8 Å². The minimum Gasteiger partial charge on any atom is -0.346 e. The SMILES string of the molecule is CNS(=O)(=O)c1cc(C(=O)NC(C)c2ccc(F)c(F)c2)cc(C)c1C. The van der Waals surface area contributed by atoms with Crippen LogP contribution in [-0.2, 0) is 10.0 Å². The summed E-state index contributed by atoms with van der Waals surface area (Å²) in [7, 11) is -2.43. The first kappa shape index (κ1) is 20.0. The third kappa shape index (κ3) is 4.08.